The molecule has 0 amide bonds. The van der Waals surface area contributed by atoms with Crippen LogP contribution in [0.2, 0.25) is 0 Å². The topological polar surface area (TPSA) is 54.6 Å². The predicted molar refractivity (Wildman–Crippen MR) is 76.6 cm³/mol. The maximum atomic E-state index is 5.79. The summed E-state index contributed by atoms with van der Waals surface area (Å²) in [6.45, 7) is 8.75. The molecule has 1 fully saturated rings. The predicted octanol–water partition coefficient (Wildman–Crippen LogP) is 1.65. The summed E-state index contributed by atoms with van der Waals surface area (Å²) in [6, 6.07) is 0.667. The quantitative estimate of drug-likeness (QED) is 0.901. The second-order valence-corrected chi connectivity index (χ2v) is 5.44. The molecule has 0 radical (unpaired) electrons. The normalized spacial score (nSPS) is 18.9. The first-order valence-electron chi connectivity index (χ1n) is 6.45. The Balaban J connectivity index is 2.01. The number of hydrogen-bond donors (Lipinski definition) is 1. The van der Waals surface area contributed by atoms with Crippen LogP contribution in [0, 0.1) is 0 Å². The highest BCUT2D eigenvalue weighted by molar-refractivity contribution is 7.11. The first-order chi connectivity index (χ1) is 8.67. The minimum absolute atomic E-state index is 0.502. The fourth-order valence-corrected chi connectivity index (χ4v) is 3.14. The Kier molecular flexibility index (Phi) is 4.29. The number of hydrogen-bond acceptors (Lipinski definition) is 6. The molecule has 5 nitrogen and oxygen atoms in total. The van der Waals surface area contributed by atoms with Crippen LogP contribution in [-0.4, -0.2) is 48.6 Å². The molecule has 1 aliphatic heterocycles. The Labute approximate surface area is 113 Å². The van der Waals surface area contributed by atoms with E-state index in [1.165, 1.54) is 18.0 Å². The van der Waals surface area contributed by atoms with E-state index >= 15 is 0 Å². The molecule has 1 saturated heterocycles. The van der Waals surface area contributed by atoms with Crippen LogP contribution in [0.4, 0.5) is 10.8 Å². The number of anilines is 2. The minimum atomic E-state index is 0.502. The molecular formula is C12H22N4OS. The molecule has 1 aromatic heterocycles. The lowest BCUT2D eigenvalue weighted by atomic mass is 10.2. The number of nitrogen functional groups attached to an aromatic ring is 1. The highest BCUT2D eigenvalue weighted by Crippen LogP contribution is 2.38. The summed E-state index contributed by atoms with van der Waals surface area (Å²) in [4.78, 5) is 4.86. The van der Waals surface area contributed by atoms with E-state index in [9.17, 15) is 0 Å². The monoisotopic (exact) mass is 270 g/mol. The zero-order valence-electron chi connectivity index (χ0n) is 11.3. The fraction of sp³-hybridized carbons (Fsp3) is 0.750. The van der Waals surface area contributed by atoms with Crippen LogP contribution < -0.4 is 15.4 Å². The number of rotatable bonds is 4. The van der Waals surface area contributed by atoms with Crippen molar-refractivity contribution in [2.45, 2.75) is 26.3 Å². The summed E-state index contributed by atoms with van der Waals surface area (Å²) >= 11 is 1.43. The molecule has 0 bridgehead atoms. The number of piperazine rings is 1. The zero-order valence-corrected chi connectivity index (χ0v) is 12.2. The van der Waals surface area contributed by atoms with Crippen LogP contribution in [0.5, 0.6) is 5.75 Å². The molecule has 0 saturated carbocycles. The molecule has 1 unspecified atom stereocenters. The van der Waals surface area contributed by atoms with Crippen molar-refractivity contribution in [1.82, 2.24) is 9.27 Å². The van der Waals surface area contributed by atoms with Crippen LogP contribution >= 0.6 is 11.5 Å². The van der Waals surface area contributed by atoms with E-state index < -0.39 is 0 Å². The van der Waals surface area contributed by atoms with Gasteiger partial charge in [-0.2, -0.15) is 4.37 Å². The van der Waals surface area contributed by atoms with Gasteiger partial charge >= 0.3 is 0 Å². The third kappa shape index (κ3) is 2.54. The third-order valence-electron chi connectivity index (χ3n) is 3.68. The number of ether oxygens (including phenoxy) is 1. The Morgan fingerprint density at radius 1 is 1.39 bits per heavy atom. The van der Waals surface area contributed by atoms with Crippen LogP contribution in [-0.2, 0) is 0 Å². The summed E-state index contributed by atoms with van der Waals surface area (Å²) in [5.41, 5.74) is 5.79. The van der Waals surface area contributed by atoms with Gasteiger partial charge in [0.2, 0.25) is 0 Å². The maximum Gasteiger partial charge on any atom is 0.197 e. The van der Waals surface area contributed by atoms with Gasteiger partial charge in [0.05, 0.1) is 7.11 Å². The Morgan fingerprint density at radius 2 is 2.06 bits per heavy atom. The van der Waals surface area contributed by atoms with E-state index in [1.807, 2.05) is 0 Å². The van der Waals surface area contributed by atoms with Crippen LogP contribution in [0.1, 0.15) is 20.3 Å². The third-order valence-corrected chi connectivity index (χ3v) is 4.58. The largest absolute Gasteiger partial charge is 0.490 e. The lowest BCUT2D eigenvalue weighted by Crippen LogP contribution is -2.49. The highest BCUT2D eigenvalue weighted by atomic mass is 32.1. The number of methoxy groups -OCH3 is 1. The molecule has 6 heteroatoms. The average molecular weight is 270 g/mol. The van der Waals surface area contributed by atoms with E-state index in [2.05, 4.69) is 28.0 Å². The summed E-state index contributed by atoms with van der Waals surface area (Å²) in [5.74, 6) is 1.24. The molecule has 2 heterocycles. The summed E-state index contributed by atoms with van der Waals surface area (Å²) in [7, 11) is 1.65. The highest BCUT2D eigenvalue weighted by Gasteiger charge is 2.24. The molecule has 1 aromatic rings. The van der Waals surface area contributed by atoms with Gasteiger partial charge in [-0.05, 0) is 24.9 Å². The van der Waals surface area contributed by atoms with Crippen molar-refractivity contribution < 1.29 is 4.74 Å². The van der Waals surface area contributed by atoms with E-state index in [0.717, 1.165) is 36.9 Å². The molecule has 0 aromatic carbocycles. The van der Waals surface area contributed by atoms with Gasteiger partial charge in [0, 0.05) is 32.2 Å². The van der Waals surface area contributed by atoms with Gasteiger partial charge in [0.25, 0.3) is 0 Å². The average Bonchev–Trinajstić information content (AvgIpc) is 2.79. The van der Waals surface area contributed by atoms with Crippen molar-refractivity contribution in [3.05, 3.63) is 0 Å². The van der Waals surface area contributed by atoms with Crippen molar-refractivity contribution in [3.63, 3.8) is 0 Å². The number of nitrogens with two attached hydrogens (primary N) is 1. The van der Waals surface area contributed by atoms with Crippen LogP contribution in [0.25, 0.3) is 0 Å². The number of aromatic nitrogens is 1. The fourth-order valence-electron chi connectivity index (χ4n) is 2.30. The number of nitrogens with zero attached hydrogens (tertiary/aromatic N) is 3. The second kappa shape index (κ2) is 5.75. The Hall–Kier alpha value is -1.01. The van der Waals surface area contributed by atoms with E-state index in [4.69, 9.17) is 10.5 Å². The molecular weight excluding hydrogens is 248 g/mol. The van der Waals surface area contributed by atoms with Crippen LogP contribution in [0.3, 0.4) is 0 Å². The lowest BCUT2D eigenvalue weighted by molar-refractivity contribution is 0.193. The Bertz CT molecular complexity index is 387. The zero-order chi connectivity index (χ0) is 13.1. The van der Waals surface area contributed by atoms with E-state index in [-0.39, 0.29) is 0 Å². The molecule has 2 N–H and O–H groups in total. The summed E-state index contributed by atoms with van der Waals surface area (Å²) in [6.07, 6.45) is 1.21. The molecule has 0 aliphatic carbocycles. The maximum absolute atomic E-state index is 5.79. The van der Waals surface area contributed by atoms with Crippen molar-refractivity contribution in [3.8, 4) is 5.75 Å². The molecule has 1 aliphatic rings. The van der Waals surface area contributed by atoms with Gasteiger partial charge in [0.15, 0.2) is 16.6 Å². The lowest BCUT2D eigenvalue weighted by Gasteiger charge is -2.38. The van der Waals surface area contributed by atoms with Gasteiger partial charge in [0.1, 0.15) is 0 Å². The SMILES string of the molecule is CCC(C)N1CCN(c2snc(N)c2OC)CC1. The molecule has 2 rings (SSSR count). The first kappa shape index (κ1) is 13.4. The van der Waals surface area contributed by atoms with Gasteiger partial charge in [-0.25, -0.2) is 0 Å². The van der Waals surface area contributed by atoms with Crippen molar-refractivity contribution >= 4 is 22.4 Å². The first-order valence-corrected chi connectivity index (χ1v) is 7.22. The van der Waals surface area contributed by atoms with E-state index in [1.54, 1.807) is 7.11 Å². The van der Waals surface area contributed by atoms with Gasteiger partial charge in [-0.1, -0.05) is 6.92 Å². The Morgan fingerprint density at radius 3 is 2.61 bits per heavy atom. The molecule has 18 heavy (non-hydrogen) atoms. The van der Waals surface area contributed by atoms with Crippen molar-refractivity contribution in [1.29, 1.82) is 0 Å². The molecule has 0 spiro atoms. The van der Waals surface area contributed by atoms with E-state index in [0.29, 0.717) is 11.9 Å². The van der Waals surface area contributed by atoms with Crippen molar-refractivity contribution in [2.24, 2.45) is 0 Å². The second-order valence-electron chi connectivity index (χ2n) is 4.69. The summed E-state index contributed by atoms with van der Waals surface area (Å²) < 4.78 is 9.50. The minimum Gasteiger partial charge on any atom is -0.490 e. The van der Waals surface area contributed by atoms with Gasteiger partial charge in [-0.3, -0.25) is 4.90 Å². The molecule has 102 valence electrons. The smallest absolute Gasteiger partial charge is 0.197 e. The van der Waals surface area contributed by atoms with Crippen molar-refractivity contribution in [2.75, 3.05) is 43.9 Å². The molecule has 1 atom stereocenters. The van der Waals surface area contributed by atoms with Gasteiger partial charge < -0.3 is 15.4 Å². The van der Waals surface area contributed by atoms with Gasteiger partial charge in [-0.15, -0.1) is 0 Å². The van der Waals surface area contributed by atoms with Crippen LogP contribution in [0.15, 0.2) is 0 Å². The standard InChI is InChI=1S/C12H22N4OS/c1-4-9(2)15-5-7-16(8-6-15)12-10(17-3)11(13)14-18-12/h9H,4-8H2,1-3H3,(H2,13,14). The summed E-state index contributed by atoms with van der Waals surface area (Å²) in [5, 5.41) is 1.07.